The molecule has 2 nitrogen and oxygen atoms in total. The zero-order valence-electron chi connectivity index (χ0n) is 5.42. The number of aromatic nitrogens is 2. The minimum atomic E-state index is 1.28. The highest BCUT2D eigenvalue weighted by Gasteiger charge is 2.01. The van der Waals surface area contributed by atoms with Gasteiger partial charge in [0.05, 0.1) is 21.2 Å². The third-order valence-corrected chi connectivity index (χ3v) is 2.45. The van der Waals surface area contributed by atoms with Crippen LogP contribution in [0.1, 0.15) is 5.69 Å². The van der Waals surface area contributed by atoms with Gasteiger partial charge >= 0.3 is 0 Å². The van der Waals surface area contributed by atoms with Gasteiger partial charge in [-0.1, -0.05) is 0 Å². The standard InChI is InChI=1S/C5H10N2P/c1-5-4-8-7(3)6(5)2/h4H,1-3H3/q+1. The van der Waals surface area contributed by atoms with Crippen LogP contribution in [0.4, 0.5) is 0 Å². The van der Waals surface area contributed by atoms with E-state index in [2.05, 4.69) is 35.9 Å². The molecule has 0 spiro atoms. The summed E-state index contributed by atoms with van der Waals surface area (Å²) in [6, 6.07) is 0. The predicted octanol–water partition coefficient (Wildman–Crippen LogP) is 0.738. The summed E-state index contributed by atoms with van der Waals surface area (Å²) in [7, 11) is 5.40. The number of hydrogen-bond donors (Lipinski definition) is 0. The molecule has 0 unspecified atom stereocenters. The van der Waals surface area contributed by atoms with Crippen LogP contribution in [-0.4, -0.2) is 4.44 Å². The SMILES string of the molecule is Cc1cpn(C)[n+]1C. The molecule has 0 radical (unpaired) electrons. The molecule has 8 heavy (non-hydrogen) atoms. The van der Waals surface area contributed by atoms with E-state index in [1.165, 1.54) is 14.0 Å². The van der Waals surface area contributed by atoms with Gasteiger partial charge in [0, 0.05) is 6.92 Å². The number of aryl methyl sites for hydroxylation is 2. The Bertz CT molecular complexity index is 173. The van der Waals surface area contributed by atoms with E-state index >= 15 is 0 Å². The molecule has 1 aromatic rings. The van der Waals surface area contributed by atoms with E-state index in [0.717, 1.165) is 0 Å². The molecule has 0 aliphatic carbocycles. The molecule has 1 heterocycles. The molecule has 1 aromatic heterocycles. The van der Waals surface area contributed by atoms with Gasteiger partial charge in [0.2, 0.25) is 5.69 Å². The van der Waals surface area contributed by atoms with E-state index in [1.54, 1.807) is 0 Å². The van der Waals surface area contributed by atoms with Gasteiger partial charge in [0.15, 0.2) is 7.05 Å². The molecule has 0 fully saturated rings. The van der Waals surface area contributed by atoms with Crippen LogP contribution in [0.25, 0.3) is 0 Å². The van der Waals surface area contributed by atoms with E-state index in [9.17, 15) is 0 Å². The Morgan fingerprint density at radius 2 is 2.38 bits per heavy atom. The Morgan fingerprint density at radius 1 is 1.75 bits per heavy atom. The fourth-order valence-electron chi connectivity index (χ4n) is 0.556. The lowest BCUT2D eigenvalue weighted by Crippen LogP contribution is -2.38. The number of hydrogen-bond acceptors (Lipinski definition) is 0. The summed E-state index contributed by atoms with van der Waals surface area (Å²) in [5, 5.41) is 0. The predicted molar refractivity (Wildman–Crippen MR) is 33.8 cm³/mol. The van der Waals surface area contributed by atoms with Gasteiger partial charge in [0.1, 0.15) is 0 Å². The van der Waals surface area contributed by atoms with Crippen molar-refractivity contribution in [3.63, 3.8) is 0 Å². The fraction of sp³-hybridized carbons (Fsp3) is 0.600. The van der Waals surface area contributed by atoms with Crippen molar-refractivity contribution in [2.24, 2.45) is 14.1 Å². The first kappa shape index (κ1) is 5.77. The van der Waals surface area contributed by atoms with Gasteiger partial charge in [-0.15, -0.1) is 9.13 Å². The smallest absolute Gasteiger partial charge is 0.140 e. The maximum absolute atomic E-state index is 2.18. The molecule has 0 N–H and O–H groups in total. The monoisotopic (exact) mass is 129 g/mol. The maximum Gasteiger partial charge on any atom is 0.209 e. The summed E-state index contributed by atoms with van der Waals surface area (Å²) < 4.78 is 4.26. The summed E-state index contributed by atoms with van der Waals surface area (Å²) >= 11 is 0. The van der Waals surface area contributed by atoms with Gasteiger partial charge in [-0.05, 0) is 0 Å². The van der Waals surface area contributed by atoms with Crippen LogP contribution >= 0.6 is 8.35 Å². The minimum absolute atomic E-state index is 1.28. The Kier molecular flexibility index (Phi) is 1.35. The van der Waals surface area contributed by atoms with E-state index in [1.807, 2.05) is 0 Å². The average Bonchev–Trinajstić information content (AvgIpc) is 1.98. The first-order chi connectivity index (χ1) is 3.72. The van der Waals surface area contributed by atoms with Crippen molar-refractivity contribution in [3.8, 4) is 0 Å². The maximum atomic E-state index is 2.18. The molecular weight excluding hydrogens is 119 g/mol. The molecule has 0 atom stereocenters. The summed E-state index contributed by atoms with van der Waals surface area (Å²) in [6.45, 7) is 2.11. The highest BCUT2D eigenvalue weighted by atomic mass is 31.0. The molecule has 44 valence electrons. The van der Waals surface area contributed by atoms with Crippen LogP contribution in [0.3, 0.4) is 0 Å². The third kappa shape index (κ3) is 0.760. The zero-order valence-corrected chi connectivity index (χ0v) is 6.31. The van der Waals surface area contributed by atoms with Gasteiger partial charge in [-0.2, -0.15) is 0 Å². The molecular formula is C5H10N2P+. The molecule has 0 bridgehead atoms. The molecule has 0 saturated carbocycles. The van der Waals surface area contributed by atoms with Crippen LogP contribution in [0.5, 0.6) is 0 Å². The second-order valence-corrected chi connectivity index (χ2v) is 2.97. The Balaban J connectivity index is 3.19. The largest absolute Gasteiger partial charge is 0.209 e. The number of nitrogens with zero attached hydrogens (tertiary/aromatic N) is 2. The summed E-state index contributed by atoms with van der Waals surface area (Å²) in [4.78, 5) is 0. The lowest BCUT2D eigenvalue weighted by Gasteiger charge is -1.85. The van der Waals surface area contributed by atoms with Gasteiger partial charge in [-0.3, -0.25) is 0 Å². The Morgan fingerprint density at radius 3 is 2.50 bits per heavy atom. The number of rotatable bonds is 0. The molecule has 0 aromatic carbocycles. The topological polar surface area (TPSA) is 8.81 Å². The van der Waals surface area contributed by atoms with Crippen molar-refractivity contribution in [3.05, 3.63) is 11.5 Å². The summed E-state index contributed by atoms with van der Waals surface area (Å²) in [6.07, 6.45) is 0. The minimum Gasteiger partial charge on any atom is -0.140 e. The Hall–Kier alpha value is -0.360. The van der Waals surface area contributed by atoms with Crippen molar-refractivity contribution in [1.29, 1.82) is 0 Å². The molecule has 3 heteroatoms. The highest BCUT2D eigenvalue weighted by molar-refractivity contribution is 7.24. The fourth-order valence-corrected chi connectivity index (χ4v) is 1.35. The second-order valence-electron chi connectivity index (χ2n) is 1.90. The first-order valence-electron chi connectivity index (χ1n) is 2.56. The van der Waals surface area contributed by atoms with Crippen molar-refractivity contribution < 1.29 is 4.68 Å². The van der Waals surface area contributed by atoms with Crippen molar-refractivity contribution in [2.75, 3.05) is 0 Å². The van der Waals surface area contributed by atoms with Crippen molar-refractivity contribution in [2.45, 2.75) is 6.92 Å². The average molecular weight is 129 g/mol. The first-order valence-corrected chi connectivity index (χ1v) is 3.48. The zero-order chi connectivity index (χ0) is 6.15. The Labute approximate surface area is 50.9 Å². The van der Waals surface area contributed by atoms with E-state index in [4.69, 9.17) is 0 Å². The molecule has 0 aliphatic rings. The molecule has 0 saturated heterocycles. The van der Waals surface area contributed by atoms with Crippen molar-refractivity contribution in [1.82, 2.24) is 4.44 Å². The van der Waals surface area contributed by atoms with Crippen LogP contribution < -0.4 is 4.68 Å². The van der Waals surface area contributed by atoms with Crippen LogP contribution in [-0.2, 0) is 14.1 Å². The van der Waals surface area contributed by atoms with Gasteiger partial charge < -0.3 is 0 Å². The normalized spacial score (nSPS) is 10.9. The highest BCUT2D eigenvalue weighted by Crippen LogP contribution is 2.00. The van der Waals surface area contributed by atoms with E-state index < -0.39 is 0 Å². The van der Waals surface area contributed by atoms with Crippen LogP contribution in [0, 0.1) is 6.92 Å². The van der Waals surface area contributed by atoms with E-state index in [-0.39, 0.29) is 0 Å². The summed E-state index contributed by atoms with van der Waals surface area (Å²) in [5.41, 5.74) is 1.33. The summed E-state index contributed by atoms with van der Waals surface area (Å²) in [5.74, 6) is 2.18. The van der Waals surface area contributed by atoms with Crippen LogP contribution in [0.2, 0.25) is 0 Å². The second kappa shape index (κ2) is 1.87. The molecule has 1 rings (SSSR count). The lowest BCUT2D eigenvalue weighted by atomic mass is 10.6. The molecule has 0 aliphatic heterocycles. The quantitative estimate of drug-likeness (QED) is 0.457. The van der Waals surface area contributed by atoms with Gasteiger partial charge in [-0.25, -0.2) is 0 Å². The molecule has 0 amide bonds. The van der Waals surface area contributed by atoms with E-state index in [0.29, 0.717) is 0 Å². The van der Waals surface area contributed by atoms with Crippen molar-refractivity contribution >= 4 is 8.35 Å². The lowest BCUT2D eigenvalue weighted by molar-refractivity contribution is -0.751. The van der Waals surface area contributed by atoms with Crippen LogP contribution in [0.15, 0.2) is 5.80 Å². The van der Waals surface area contributed by atoms with Gasteiger partial charge in [0.25, 0.3) is 0 Å². The third-order valence-electron chi connectivity index (χ3n) is 1.36.